The molecule has 0 radical (unpaired) electrons. The Morgan fingerprint density at radius 1 is 0.771 bits per heavy atom. The maximum Gasteiger partial charge on any atom is 0.264 e. The molecule has 0 heterocycles. The van der Waals surface area contributed by atoms with Gasteiger partial charge in [0.1, 0.15) is 12.6 Å². The fraction of sp³-hybridized carbons (Fsp3) is 0.316. The average molecular weight is 672 g/mol. The fourth-order valence-corrected chi connectivity index (χ4v) is 6.79. The van der Waals surface area contributed by atoms with Crippen molar-refractivity contribution in [3.05, 3.63) is 119 Å². The van der Waals surface area contributed by atoms with Crippen molar-refractivity contribution in [1.82, 2.24) is 10.2 Å². The smallest absolute Gasteiger partial charge is 0.264 e. The summed E-state index contributed by atoms with van der Waals surface area (Å²) in [5.74, 6) is -0.271. The largest absolute Gasteiger partial charge is 0.493 e. The number of nitrogens with one attached hydrogen (secondary N) is 1. The molecule has 1 atom stereocenters. The van der Waals surface area contributed by atoms with E-state index < -0.39 is 34.1 Å². The van der Waals surface area contributed by atoms with Crippen molar-refractivity contribution in [3.8, 4) is 11.5 Å². The van der Waals surface area contributed by atoms with Crippen molar-refractivity contribution in [1.29, 1.82) is 0 Å². The highest BCUT2D eigenvalue weighted by Crippen LogP contribution is 2.32. The van der Waals surface area contributed by atoms with Crippen LogP contribution in [0.2, 0.25) is 0 Å². The Labute approximate surface area is 284 Å². The molecule has 4 rings (SSSR count). The molecular formula is C38H45N3O6S. The third-order valence-electron chi connectivity index (χ3n) is 7.75. The number of methoxy groups -OCH3 is 2. The van der Waals surface area contributed by atoms with E-state index in [1.165, 1.54) is 37.3 Å². The molecule has 0 bridgehead atoms. The lowest BCUT2D eigenvalue weighted by atomic mass is 10.0. The van der Waals surface area contributed by atoms with Gasteiger partial charge in [0.2, 0.25) is 11.8 Å². The molecule has 1 N–H and O–H groups in total. The van der Waals surface area contributed by atoms with Gasteiger partial charge in [0.25, 0.3) is 10.0 Å². The van der Waals surface area contributed by atoms with Gasteiger partial charge in [-0.15, -0.1) is 0 Å². The quantitative estimate of drug-likeness (QED) is 0.185. The van der Waals surface area contributed by atoms with Crippen LogP contribution in [0.15, 0.2) is 102 Å². The Morgan fingerprint density at radius 3 is 2.02 bits per heavy atom. The normalized spacial score (nSPS) is 12.1. The van der Waals surface area contributed by atoms with Gasteiger partial charge in [-0.1, -0.05) is 77.9 Å². The van der Waals surface area contributed by atoms with E-state index in [9.17, 15) is 18.0 Å². The second kappa shape index (κ2) is 15.4. The van der Waals surface area contributed by atoms with Gasteiger partial charge in [-0.2, -0.15) is 0 Å². The van der Waals surface area contributed by atoms with Gasteiger partial charge in [0, 0.05) is 24.6 Å². The van der Waals surface area contributed by atoms with E-state index in [4.69, 9.17) is 9.47 Å². The number of amides is 2. The molecule has 4 aromatic rings. The summed E-state index contributed by atoms with van der Waals surface area (Å²) in [6, 6.07) is 27.5. The van der Waals surface area contributed by atoms with E-state index in [0.29, 0.717) is 11.4 Å². The molecule has 0 aliphatic heterocycles. The number of carbonyl (C=O) groups is 2. The van der Waals surface area contributed by atoms with Crippen molar-refractivity contribution in [2.45, 2.75) is 64.1 Å². The van der Waals surface area contributed by atoms with Crippen LogP contribution in [0, 0.1) is 13.8 Å². The van der Waals surface area contributed by atoms with E-state index in [-0.39, 0.29) is 29.5 Å². The van der Waals surface area contributed by atoms with Gasteiger partial charge in [0.05, 0.1) is 24.8 Å². The molecule has 0 aliphatic carbocycles. The average Bonchev–Trinajstić information content (AvgIpc) is 3.04. The SMILES string of the molecule is COc1ccc(S(=O)(=O)N(CC(=O)N(Cc2cccc(C)c2)C(Cc2ccccc2)C(=O)NC(C)(C)C)c2ccc(C)cc2)cc1OC. The standard InChI is InChI=1S/C38H45N3O6S/c1-27-16-18-31(19-17-27)41(48(44,45)32-20-21-34(46-6)35(24-32)47-7)26-36(42)40(25-30-15-11-12-28(2)22-30)33(37(43)39-38(3,4)5)23-29-13-9-8-10-14-29/h8-22,24,33H,23,25-26H2,1-7H3,(H,39,43). The molecule has 0 saturated heterocycles. The van der Waals surface area contributed by atoms with Crippen molar-refractivity contribution in [2.24, 2.45) is 0 Å². The molecule has 0 aromatic heterocycles. The zero-order chi connectivity index (χ0) is 35.1. The van der Waals surface area contributed by atoms with Crippen LogP contribution in [-0.4, -0.2) is 57.5 Å². The number of anilines is 1. The maximum absolute atomic E-state index is 14.7. The molecule has 2 amide bonds. The highest BCUT2D eigenvalue weighted by Gasteiger charge is 2.36. The summed E-state index contributed by atoms with van der Waals surface area (Å²) in [5.41, 5.74) is 3.33. The Morgan fingerprint density at radius 2 is 1.42 bits per heavy atom. The van der Waals surface area contributed by atoms with Gasteiger partial charge >= 0.3 is 0 Å². The van der Waals surface area contributed by atoms with Crippen molar-refractivity contribution < 1.29 is 27.5 Å². The lowest BCUT2D eigenvalue weighted by Gasteiger charge is -2.35. The van der Waals surface area contributed by atoms with Crippen LogP contribution in [0.4, 0.5) is 5.69 Å². The molecule has 0 spiro atoms. The van der Waals surface area contributed by atoms with Gasteiger partial charge in [-0.05, 0) is 70.0 Å². The number of rotatable bonds is 13. The maximum atomic E-state index is 14.7. The van der Waals surface area contributed by atoms with Crippen LogP contribution in [0.3, 0.4) is 0 Å². The minimum atomic E-state index is -4.32. The summed E-state index contributed by atoms with van der Waals surface area (Å²) < 4.78 is 40.6. The lowest BCUT2D eigenvalue weighted by molar-refractivity contribution is -0.140. The predicted octanol–water partition coefficient (Wildman–Crippen LogP) is 6.07. The second-order valence-corrected chi connectivity index (χ2v) is 14.7. The first-order valence-corrected chi connectivity index (χ1v) is 17.2. The molecule has 0 aliphatic rings. The Bertz CT molecular complexity index is 1820. The topological polar surface area (TPSA) is 105 Å². The molecule has 0 fully saturated rings. The molecule has 0 saturated carbocycles. The third-order valence-corrected chi connectivity index (χ3v) is 9.52. The number of hydrogen-bond donors (Lipinski definition) is 1. The molecule has 1 unspecified atom stereocenters. The first-order valence-electron chi connectivity index (χ1n) is 15.7. The number of ether oxygens (including phenoxy) is 2. The molecule has 48 heavy (non-hydrogen) atoms. The highest BCUT2D eigenvalue weighted by atomic mass is 32.2. The Balaban J connectivity index is 1.84. The number of aryl methyl sites for hydroxylation is 2. The van der Waals surface area contributed by atoms with Crippen LogP contribution in [0.5, 0.6) is 11.5 Å². The zero-order valence-electron chi connectivity index (χ0n) is 28.7. The Hall–Kier alpha value is -4.83. The van der Waals surface area contributed by atoms with Crippen LogP contribution >= 0.6 is 0 Å². The van der Waals surface area contributed by atoms with Gasteiger partial charge in [-0.25, -0.2) is 8.42 Å². The molecular weight excluding hydrogens is 627 g/mol. The monoisotopic (exact) mass is 671 g/mol. The van der Waals surface area contributed by atoms with E-state index in [1.54, 1.807) is 24.3 Å². The van der Waals surface area contributed by atoms with Crippen molar-refractivity contribution in [3.63, 3.8) is 0 Å². The van der Waals surface area contributed by atoms with Gasteiger partial charge < -0.3 is 19.7 Å². The van der Waals surface area contributed by atoms with Gasteiger partial charge in [0.15, 0.2) is 11.5 Å². The number of benzene rings is 4. The second-order valence-electron chi connectivity index (χ2n) is 12.8. The lowest BCUT2D eigenvalue weighted by Crippen LogP contribution is -2.56. The third kappa shape index (κ3) is 9.16. The Kier molecular flexibility index (Phi) is 11.5. The summed E-state index contributed by atoms with van der Waals surface area (Å²) >= 11 is 0. The summed E-state index contributed by atoms with van der Waals surface area (Å²) in [5, 5.41) is 3.05. The van der Waals surface area contributed by atoms with Crippen LogP contribution in [-0.2, 0) is 32.6 Å². The first kappa shape index (κ1) is 36.0. The molecule has 254 valence electrons. The highest BCUT2D eigenvalue weighted by molar-refractivity contribution is 7.92. The van der Waals surface area contributed by atoms with Crippen LogP contribution in [0.1, 0.15) is 43.0 Å². The van der Waals surface area contributed by atoms with Crippen molar-refractivity contribution in [2.75, 3.05) is 25.1 Å². The van der Waals surface area contributed by atoms with Crippen molar-refractivity contribution >= 4 is 27.5 Å². The molecule has 10 heteroatoms. The molecule has 9 nitrogen and oxygen atoms in total. The number of carbonyl (C=O) groups excluding carboxylic acids is 2. The number of hydrogen-bond acceptors (Lipinski definition) is 6. The predicted molar refractivity (Wildman–Crippen MR) is 189 cm³/mol. The molecule has 4 aromatic carbocycles. The fourth-order valence-electron chi connectivity index (χ4n) is 5.36. The minimum Gasteiger partial charge on any atom is -0.493 e. The van der Waals surface area contributed by atoms with Crippen LogP contribution < -0.4 is 19.1 Å². The van der Waals surface area contributed by atoms with Crippen LogP contribution in [0.25, 0.3) is 0 Å². The van der Waals surface area contributed by atoms with E-state index in [1.807, 2.05) is 89.2 Å². The first-order chi connectivity index (χ1) is 22.7. The minimum absolute atomic E-state index is 0.0786. The summed E-state index contributed by atoms with van der Waals surface area (Å²) in [7, 11) is -1.43. The van der Waals surface area contributed by atoms with E-state index in [0.717, 1.165) is 26.6 Å². The summed E-state index contributed by atoms with van der Waals surface area (Å²) in [6.45, 7) is 9.03. The summed E-state index contributed by atoms with van der Waals surface area (Å²) in [6.07, 6.45) is 0.229. The van der Waals surface area contributed by atoms with Gasteiger partial charge in [-0.3, -0.25) is 13.9 Å². The number of nitrogens with zero attached hydrogens (tertiary/aromatic N) is 2. The number of sulfonamides is 1. The summed E-state index contributed by atoms with van der Waals surface area (Å²) in [4.78, 5) is 30.1. The zero-order valence-corrected chi connectivity index (χ0v) is 29.5. The van der Waals surface area contributed by atoms with E-state index in [2.05, 4.69) is 5.32 Å². The van der Waals surface area contributed by atoms with E-state index >= 15 is 0 Å².